The highest BCUT2D eigenvalue weighted by atomic mass is 35.5. The maximum absolute atomic E-state index is 11.8. The minimum Gasteiger partial charge on any atom is -0.486 e. The van der Waals surface area contributed by atoms with E-state index in [4.69, 9.17) is 21.1 Å². The number of thioether (sulfide) groups is 1. The summed E-state index contributed by atoms with van der Waals surface area (Å²) in [5.74, 6) is 2.48. The van der Waals surface area contributed by atoms with Crippen molar-refractivity contribution in [1.82, 2.24) is 0 Å². The molecule has 0 radical (unpaired) electrons. The number of fused-ring (bicyclic) bond motifs is 1. The van der Waals surface area contributed by atoms with E-state index in [1.165, 1.54) is 0 Å². The van der Waals surface area contributed by atoms with Gasteiger partial charge in [0.25, 0.3) is 5.72 Å². The number of hydrogen-bond acceptors (Lipinski definition) is 5. The van der Waals surface area contributed by atoms with E-state index in [1.807, 2.05) is 42.5 Å². The van der Waals surface area contributed by atoms with Crippen molar-refractivity contribution in [1.29, 1.82) is 0 Å². The maximum Gasteiger partial charge on any atom is 0.316 e. The molecule has 0 aliphatic carbocycles. The Kier molecular flexibility index (Phi) is 4.22. The van der Waals surface area contributed by atoms with Gasteiger partial charge in [0, 0.05) is 16.3 Å². The number of halogens is 1. The molecule has 1 atom stereocenters. The number of benzene rings is 2. The molecule has 27 heavy (non-hydrogen) atoms. The molecule has 140 valence electrons. The lowest BCUT2D eigenvalue weighted by molar-refractivity contribution is -0.656. The molecule has 0 aromatic heterocycles. The Balaban J connectivity index is 1.57. The Bertz CT molecular complexity index is 918. The molecule has 0 saturated carbocycles. The fourth-order valence-corrected chi connectivity index (χ4v) is 5.17. The molecule has 3 heterocycles. The van der Waals surface area contributed by atoms with E-state index in [1.54, 1.807) is 11.8 Å². The molecule has 0 saturated heterocycles. The third-order valence-corrected chi connectivity index (χ3v) is 6.63. The number of anilines is 1. The van der Waals surface area contributed by atoms with Crippen LogP contribution < -0.4 is 14.4 Å². The first-order valence-corrected chi connectivity index (χ1v) is 10.4. The first-order chi connectivity index (χ1) is 13.1. The van der Waals surface area contributed by atoms with Crippen molar-refractivity contribution in [2.75, 3.05) is 37.0 Å². The minimum absolute atomic E-state index is 0.455. The molecule has 0 fully saturated rings. The van der Waals surface area contributed by atoms with E-state index in [-0.39, 0.29) is 0 Å². The quantitative estimate of drug-likeness (QED) is 0.779. The highest BCUT2D eigenvalue weighted by molar-refractivity contribution is 8.13. The van der Waals surface area contributed by atoms with Gasteiger partial charge >= 0.3 is 5.17 Å². The Hall–Kier alpha value is -1.89. The molecule has 5 rings (SSSR count). The van der Waals surface area contributed by atoms with Crippen LogP contribution in [-0.4, -0.2) is 46.9 Å². The van der Waals surface area contributed by atoms with Gasteiger partial charge in [0.1, 0.15) is 18.9 Å². The summed E-state index contributed by atoms with van der Waals surface area (Å²) in [5, 5.41) is 13.6. The Morgan fingerprint density at radius 2 is 1.85 bits per heavy atom. The molecule has 3 aliphatic heterocycles. The molecule has 3 aliphatic rings. The van der Waals surface area contributed by atoms with Gasteiger partial charge < -0.3 is 14.6 Å². The lowest BCUT2D eigenvalue weighted by atomic mass is 10.0. The van der Waals surface area contributed by atoms with Crippen molar-refractivity contribution >= 4 is 34.2 Å². The summed E-state index contributed by atoms with van der Waals surface area (Å²) in [6.07, 6.45) is 1.04. The summed E-state index contributed by atoms with van der Waals surface area (Å²) >= 11 is 7.85. The molecular formula is C20H20ClN2O3S+. The van der Waals surface area contributed by atoms with Crippen molar-refractivity contribution in [2.24, 2.45) is 0 Å². The lowest BCUT2D eigenvalue weighted by Gasteiger charge is -2.26. The van der Waals surface area contributed by atoms with Crippen LogP contribution in [0.25, 0.3) is 0 Å². The summed E-state index contributed by atoms with van der Waals surface area (Å²) in [6.45, 7) is 2.36. The van der Waals surface area contributed by atoms with Gasteiger partial charge in [-0.1, -0.05) is 11.6 Å². The average molecular weight is 404 g/mol. The summed E-state index contributed by atoms with van der Waals surface area (Å²) in [5.41, 5.74) is 0.739. The van der Waals surface area contributed by atoms with Crippen molar-refractivity contribution in [2.45, 2.75) is 12.1 Å². The normalized spacial score (nSPS) is 24.1. The van der Waals surface area contributed by atoms with Crippen LogP contribution in [0.5, 0.6) is 11.5 Å². The number of ether oxygens (including phenoxy) is 2. The summed E-state index contributed by atoms with van der Waals surface area (Å²) in [4.78, 5) is 2.18. The minimum atomic E-state index is -1.11. The van der Waals surface area contributed by atoms with Gasteiger partial charge in [0.2, 0.25) is 0 Å². The van der Waals surface area contributed by atoms with Crippen molar-refractivity contribution in [3.05, 3.63) is 53.1 Å². The molecule has 0 bridgehead atoms. The van der Waals surface area contributed by atoms with Gasteiger partial charge in [-0.15, -0.1) is 0 Å². The van der Waals surface area contributed by atoms with Crippen molar-refractivity contribution < 1.29 is 19.2 Å². The fourth-order valence-electron chi connectivity index (χ4n) is 3.86. The fraction of sp³-hybridized carbons (Fsp3) is 0.350. The number of hydrogen-bond donors (Lipinski definition) is 1. The summed E-state index contributed by atoms with van der Waals surface area (Å²) < 4.78 is 13.5. The predicted molar refractivity (Wildman–Crippen MR) is 107 cm³/mol. The van der Waals surface area contributed by atoms with E-state index >= 15 is 0 Å². The molecule has 1 N–H and O–H groups in total. The Morgan fingerprint density at radius 3 is 2.67 bits per heavy atom. The van der Waals surface area contributed by atoms with Crippen LogP contribution in [0.4, 0.5) is 5.69 Å². The predicted octanol–water partition coefficient (Wildman–Crippen LogP) is 3.28. The Morgan fingerprint density at radius 1 is 1.07 bits per heavy atom. The van der Waals surface area contributed by atoms with E-state index in [2.05, 4.69) is 9.48 Å². The zero-order valence-electron chi connectivity index (χ0n) is 14.7. The van der Waals surface area contributed by atoms with Crippen LogP contribution in [-0.2, 0) is 5.72 Å². The number of amidine groups is 1. The van der Waals surface area contributed by atoms with Crippen LogP contribution in [0.2, 0.25) is 5.02 Å². The molecular weight excluding hydrogens is 384 g/mol. The smallest absolute Gasteiger partial charge is 0.316 e. The van der Waals surface area contributed by atoms with Crippen molar-refractivity contribution in [3.63, 3.8) is 0 Å². The highest BCUT2D eigenvalue weighted by Crippen LogP contribution is 2.41. The molecule has 0 spiro atoms. The standard InChI is InChI=1S/C20H20ClN2O3S/c21-15-3-5-16(6-4-15)22-13-20(24,23-8-1-11-27-19(22)23)14-2-7-17-18(12-14)26-10-9-25-17/h2-7,12,24H,1,8-11,13H2/q+1. The number of rotatable bonds is 2. The molecule has 2 aromatic carbocycles. The first-order valence-electron chi connectivity index (χ1n) is 9.08. The van der Waals surface area contributed by atoms with E-state index < -0.39 is 5.72 Å². The molecule has 2 aromatic rings. The number of aliphatic hydroxyl groups is 1. The van der Waals surface area contributed by atoms with Gasteiger partial charge in [0.15, 0.2) is 18.0 Å². The van der Waals surface area contributed by atoms with Gasteiger partial charge in [-0.3, -0.25) is 0 Å². The van der Waals surface area contributed by atoms with Crippen LogP contribution in [0.1, 0.15) is 12.0 Å². The van der Waals surface area contributed by atoms with Crippen molar-refractivity contribution in [3.8, 4) is 11.5 Å². The van der Waals surface area contributed by atoms with Crippen LogP contribution in [0, 0.1) is 0 Å². The molecule has 0 amide bonds. The van der Waals surface area contributed by atoms with E-state index in [0.717, 1.165) is 40.9 Å². The third kappa shape index (κ3) is 2.87. The monoisotopic (exact) mass is 403 g/mol. The maximum atomic E-state index is 11.8. The topological polar surface area (TPSA) is 44.9 Å². The highest BCUT2D eigenvalue weighted by Gasteiger charge is 2.53. The zero-order chi connectivity index (χ0) is 18.4. The number of β-amino-alcohol motifs (C(OH)–C–C–N with tert-alkyl or cyclic N) is 1. The lowest BCUT2D eigenvalue weighted by Crippen LogP contribution is -2.41. The second kappa shape index (κ2) is 6.62. The van der Waals surface area contributed by atoms with Crippen LogP contribution >= 0.6 is 23.4 Å². The van der Waals surface area contributed by atoms with Gasteiger partial charge in [-0.05, 0) is 60.6 Å². The zero-order valence-corrected chi connectivity index (χ0v) is 16.3. The van der Waals surface area contributed by atoms with Crippen LogP contribution in [0.3, 0.4) is 0 Å². The second-order valence-corrected chi connectivity index (χ2v) is 8.37. The van der Waals surface area contributed by atoms with E-state index in [0.29, 0.717) is 30.5 Å². The van der Waals surface area contributed by atoms with Crippen LogP contribution in [0.15, 0.2) is 42.5 Å². The molecule has 5 nitrogen and oxygen atoms in total. The molecule has 1 unspecified atom stereocenters. The van der Waals surface area contributed by atoms with Gasteiger partial charge in [-0.2, -0.15) is 0 Å². The summed E-state index contributed by atoms with van der Waals surface area (Å²) in [6, 6.07) is 13.5. The van der Waals surface area contributed by atoms with E-state index in [9.17, 15) is 5.11 Å². The Labute approximate surface area is 167 Å². The van der Waals surface area contributed by atoms with Gasteiger partial charge in [-0.25, -0.2) is 9.48 Å². The van der Waals surface area contributed by atoms with Gasteiger partial charge in [0.05, 0.1) is 6.54 Å². The second-order valence-electron chi connectivity index (χ2n) is 6.87. The number of nitrogens with zero attached hydrogens (tertiary/aromatic N) is 2. The summed E-state index contributed by atoms with van der Waals surface area (Å²) in [7, 11) is 0. The largest absolute Gasteiger partial charge is 0.486 e. The average Bonchev–Trinajstić information content (AvgIpc) is 3.03. The third-order valence-electron chi connectivity index (χ3n) is 5.19. The first kappa shape index (κ1) is 17.2. The molecule has 7 heteroatoms. The SMILES string of the molecule is OC1(c2ccc3c(c2)OCCO3)CN(c2ccc(Cl)cc2)C2=[N+]1CCCS2.